The molecule has 0 spiro atoms. The molecular weight excluding hydrogens is 258 g/mol. The maximum absolute atomic E-state index is 3.77. The lowest BCUT2D eigenvalue weighted by molar-refractivity contribution is 0.257. The number of hydrogen-bond acceptors (Lipinski definition) is 3. The molecule has 2 fully saturated rings. The first kappa shape index (κ1) is 14.7. The molecule has 1 atom stereocenters. The standard InChI is InChI=1S/C18H29N3/c1-20(2)16-8-10-17(11-9-16)21-13-12-19-18(14-21)15-6-4-3-5-7-15/h8-11,15,18-19H,3-7,12-14H2,1-2H3. The van der Waals surface area contributed by atoms with Crippen molar-refractivity contribution in [3.05, 3.63) is 24.3 Å². The van der Waals surface area contributed by atoms with Crippen LogP contribution in [0.3, 0.4) is 0 Å². The Morgan fingerprint density at radius 1 is 1.05 bits per heavy atom. The maximum atomic E-state index is 3.77. The Hall–Kier alpha value is -1.22. The Morgan fingerprint density at radius 2 is 1.76 bits per heavy atom. The fraction of sp³-hybridized carbons (Fsp3) is 0.667. The van der Waals surface area contributed by atoms with Crippen LogP contribution < -0.4 is 15.1 Å². The van der Waals surface area contributed by atoms with Crippen LogP contribution in [0.2, 0.25) is 0 Å². The van der Waals surface area contributed by atoms with Crippen LogP contribution in [0.5, 0.6) is 0 Å². The summed E-state index contributed by atoms with van der Waals surface area (Å²) in [7, 11) is 4.19. The van der Waals surface area contributed by atoms with Gasteiger partial charge in [0, 0.05) is 51.1 Å². The van der Waals surface area contributed by atoms with Crippen molar-refractivity contribution in [3.63, 3.8) is 0 Å². The Kier molecular flexibility index (Phi) is 4.69. The summed E-state index contributed by atoms with van der Waals surface area (Å²) >= 11 is 0. The summed E-state index contributed by atoms with van der Waals surface area (Å²) in [6, 6.07) is 9.70. The average molecular weight is 287 g/mol. The summed E-state index contributed by atoms with van der Waals surface area (Å²) in [5.41, 5.74) is 2.65. The molecule has 1 aliphatic heterocycles. The molecule has 0 bridgehead atoms. The zero-order chi connectivity index (χ0) is 14.7. The summed E-state index contributed by atoms with van der Waals surface area (Å²) in [6.07, 6.45) is 7.15. The molecule has 0 amide bonds. The van der Waals surface area contributed by atoms with Crippen LogP contribution in [0.4, 0.5) is 11.4 Å². The lowest BCUT2D eigenvalue weighted by Crippen LogP contribution is -2.54. The van der Waals surface area contributed by atoms with Gasteiger partial charge in [0.25, 0.3) is 0 Å². The highest BCUT2D eigenvalue weighted by Gasteiger charge is 2.28. The van der Waals surface area contributed by atoms with Gasteiger partial charge < -0.3 is 15.1 Å². The Bertz CT molecular complexity index is 434. The molecule has 1 N–H and O–H groups in total. The van der Waals surface area contributed by atoms with Crippen LogP contribution >= 0.6 is 0 Å². The molecule has 1 aromatic rings. The van der Waals surface area contributed by atoms with Crippen LogP contribution in [0.1, 0.15) is 32.1 Å². The van der Waals surface area contributed by atoms with Gasteiger partial charge in [0.1, 0.15) is 0 Å². The predicted octanol–water partition coefficient (Wildman–Crippen LogP) is 3.11. The monoisotopic (exact) mass is 287 g/mol. The van der Waals surface area contributed by atoms with Crippen molar-refractivity contribution < 1.29 is 0 Å². The van der Waals surface area contributed by atoms with E-state index in [1.807, 2.05) is 0 Å². The number of rotatable bonds is 3. The molecule has 116 valence electrons. The zero-order valence-electron chi connectivity index (χ0n) is 13.5. The van der Waals surface area contributed by atoms with E-state index in [1.54, 1.807) is 0 Å². The molecule has 1 saturated heterocycles. The third-order valence-corrected chi connectivity index (χ3v) is 5.16. The Morgan fingerprint density at radius 3 is 2.43 bits per heavy atom. The summed E-state index contributed by atoms with van der Waals surface area (Å²) in [6.45, 7) is 3.42. The second-order valence-corrected chi connectivity index (χ2v) is 6.82. The molecule has 3 heteroatoms. The lowest BCUT2D eigenvalue weighted by atomic mass is 9.83. The third kappa shape index (κ3) is 3.52. The molecule has 0 aromatic heterocycles. The number of piperazine rings is 1. The molecule has 1 heterocycles. The second-order valence-electron chi connectivity index (χ2n) is 6.82. The van der Waals surface area contributed by atoms with Crippen molar-refractivity contribution >= 4 is 11.4 Å². The molecular formula is C18H29N3. The number of nitrogens with one attached hydrogen (secondary N) is 1. The van der Waals surface area contributed by atoms with Gasteiger partial charge in [-0.1, -0.05) is 19.3 Å². The summed E-state index contributed by atoms with van der Waals surface area (Å²) in [4.78, 5) is 4.72. The van der Waals surface area contributed by atoms with Gasteiger partial charge in [0.05, 0.1) is 0 Å². The minimum absolute atomic E-state index is 0.688. The van der Waals surface area contributed by atoms with Crippen molar-refractivity contribution in [2.24, 2.45) is 5.92 Å². The molecule has 1 saturated carbocycles. The summed E-state index contributed by atoms with van der Waals surface area (Å²) in [5, 5.41) is 3.77. The number of benzene rings is 1. The van der Waals surface area contributed by atoms with Crippen molar-refractivity contribution in [1.82, 2.24) is 5.32 Å². The van der Waals surface area contributed by atoms with Crippen LogP contribution in [0, 0.1) is 5.92 Å². The smallest absolute Gasteiger partial charge is 0.0368 e. The van der Waals surface area contributed by atoms with E-state index in [9.17, 15) is 0 Å². The van der Waals surface area contributed by atoms with Crippen molar-refractivity contribution in [2.75, 3.05) is 43.5 Å². The van der Waals surface area contributed by atoms with Crippen molar-refractivity contribution in [3.8, 4) is 0 Å². The van der Waals surface area contributed by atoms with E-state index < -0.39 is 0 Å². The van der Waals surface area contributed by atoms with E-state index in [1.165, 1.54) is 50.0 Å². The van der Waals surface area contributed by atoms with E-state index in [2.05, 4.69) is 53.5 Å². The zero-order valence-corrected chi connectivity index (χ0v) is 13.5. The first-order chi connectivity index (χ1) is 10.2. The highest BCUT2D eigenvalue weighted by Crippen LogP contribution is 2.29. The molecule has 1 aromatic carbocycles. The van der Waals surface area contributed by atoms with Crippen LogP contribution in [-0.4, -0.2) is 39.8 Å². The summed E-state index contributed by atoms with van der Waals surface area (Å²) < 4.78 is 0. The summed E-state index contributed by atoms with van der Waals surface area (Å²) in [5.74, 6) is 0.891. The minimum Gasteiger partial charge on any atom is -0.378 e. The van der Waals surface area contributed by atoms with Gasteiger partial charge in [-0.2, -0.15) is 0 Å². The molecule has 1 unspecified atom stereocenters. The number of hydrogen-bond donors (Lipinski definition) is 1. The quantitative estimate of drug-likeness (QED) is 0.921. The van der Waals surface area contributed by atoms with Gasteiger partial charge in [-0.25, -0.2) is 0 Å². The van der Waals surface area contributed by atoms with E-state index in [0.717, 1.165) is 19.0 Å². The van der Waals surface area contributed by atoms with Crippen LogP contribution in [-0.2, 0) is 0 Å². The number of nitrogens with zero attached hydrogens (tertiary/aromatic N) is 2. The first-order valence-corrected chi connectivity index (χ1v) is 8.50. The largest absolute Gasteiger partial charge is 0.378 e. The van der Waals surface area contributed by atoms with Gasteiger partial charge in [-0.3, -0.25) is 0 Å². The highest BCUT2D eigenvalue weighted by molar-refractivity contribution is 5.56. The van der Waals surface area contributed by atoms with E-state index in [-0.39, 0.29) is 0 Å². The van der Waals surface area contributed by atoms with E-state index in [4.69, 9.17) is 0 Å². The Labute approximate surface area is 129 Å². The van der Waals surface area contributed by atoms with Gasteiger partial charge in [0.15, 0.2) is 0 Å². The van der Waals surface area contributed by atoms with Gasteiger partial charge in [0.2, 0.25) is 0 Å². The van der Waals surface area contributed by atoms with E-state index in [0.29, 0.717) is 6.04 Å². The van der Waals surface area contributed by atoms with Gasteiger partial charge >= 0.3 is 0 Å². The number of anilines is 2. The molecule has 21 heavy (non-hydrogen) atoms. The minimum atomic E-state index is 0.688. The SMILES string of the molecule is CN(C)c1ccc(N2CCNC(C3CCCCC3)C2)cc1. The molecule has 3 nitrogen and oxygen atoms in total. The first-order valence-electron chi connectivity index (χ1n) is 8.50. The highest BCUT2D eigenvalue weighted by atomic mass is 15.2. The van der Waals surface area contributed by atoms with Gasteiger partial charge in [-0.15, -0.1) is 0 Å². The lowest BCUT2D eigenvalue weighted by Gasteiger charge is -2.40. The third-order valence-electron chi connectivity index (χ3n) is 5.16. The molecule has 3 rings (SSSR count). The molecule has 1 aliphatic carbocycles. The predicted molar refractivity (Wildman–Crippen MR) is 91.3 cm³/mol. The van der Waals surface area contributed by atoms with Gasteiger partial charge in [-0.05, 0) is 43.0 Å². The second kappa shape index (κ2) is 6.69. The fourth-order valence-corrected chi connectivity index (χ4v) is 3.83. The van der Waals surface area contributed by atoms with Crippen LogP contribution in [0.25, 0.3) is 0 Å². The Balaban J connectivity index is 1.64. The molecule has 2 aliphatic rings. The van der Waals surface area contributed by atoms with Crippen molar-refractivity contribution in [1.29, 1.82) is 0 Å². The maximum Gasteiger partial charge on any atom is 0.0368 e. The average Bonchev–Trinajstić information content (AvgIpc) is 2.56. The normalized spacial score (nSPS) is 24.1. The van der Waals surface area contributed by atoms with Crippen molar-refractivity contribution in [2.45, 2.75) is 38.1 Å². The van der Waals surface area contributed by atoms with Crippen LogP contribution in [0.15, 0.2) is 24.3 Å². The fourth-order valence-electron chi connectivity index (χ4n) is 3.83. The van der Waals surface area contributed by atoms with E-state index >= 15 is 0 Å². The molecule has 0 radical (unpaired) electrons. The topological polar surface area (TPSA) is 18.5 Å².